The van der Waals surface area contributed by atoms with E-state index in [4.69, 9.17) is 5.73 Å². The summed E-state index contributed by atoms with van der Waals surface area (Å²) in [7, 11) is 0. The Morgan fingerprint density at radius 2 is 1.67 bits per heavy atom. The van der Waals surface area contributed by atoms with Crippen molar-refractivity contribution < 1.29 is 27.7 Å². The van der Waals surface area contributed by atoms with E-state index in [0.29, 0.717) is 6.54 Å². The molecule has 0 aromatic carbocycles. The first-order valence-corrected chi connectivity index (χ1v) is 1.86. The molecule has 0 heterocycles. The van der Waals surface area contributed by atoms with Gasteiger partial charge in [-0.2, -0.15) is 12.6 Å². The second kappa shape index (κ2) is 16.0. The average molecular weight is 314 g/mol. The normalized spacial score (nSPS) is 5.00. The molecule has 0 bridgehead atoms. The maximum Gasteiger partial charge on any atom is 0.00255 e. The number of halogens is 1. The van der Waals surface area contributed by atoms with Crippen molar-refractivity contribution >= 4 is 25.0 Å². The molecule has 0 aromatic rings. The Hall–Kier alpha value is 1.54. The van der Waals surface area contributed by atoms with E-state index in [1.54, 1.807) is 0 Å². The number of thiol groups is 1. The second-order valence-corrected chi connectivity index (χ2v) is 0.959. The molecule has 0 amide bonds. The zero-order chi connectivity index (χ0) is 3.41. The number of hydrogen-bond donors (Lipinski definition) is 2. The second-order valence-electron chi connectivity index (χ2n) is 0.512. The van der Waals surface area contributed by atoms with E-state index in [0.717, 1.165) is 5.75 Å². The maximum atomic E-state index is 4.95. The SMILES string of the molecule is Cl.NCCS.[Hg]. The van der Waals surface area contributed by atoms with Crippen LogP contribution in [-0.4, -0.2) is 12.3 Å². The third kappa shape index (κ3) is 17.7. The predicted octanol–water partition coefficient (Wildman–Crippen LogP) is 0.294. The molecule has 0 spiro atoms. The molecule has 0 aliphatic rings. The summed E-state index contributed by atoms with van der Waals surface area (Å²) in [5.41, 5.74) is 4.95. The van der Waals surface area contributed by atoms with Gasteiger partial charge in [0.2, 0.25) is 0 Å². The van der Waals surface area contributed by atoms with Crippen LogP contribution in [0.4, 0.5) is 0 Å². The third-order valence-corrected chi connectivity index (χ3v) is 0.387. The molecule has 0 aliphatic carbocycles. The monoisotopic (exact) mass is 315 g/mol. The molecule has 0 aliphatic heterocycles. The van der Waals surface area contributed by atoms with E-state index in [2.05, 4.69) is 12.6 Å². The molecular formula is C2H8ClHgNS. The molecule has 0 saturated heterocycles. The fourth-order valence-corrected chi connectivity index (χ4v) is 0. The first kappa shape index (κ1) is 15.6. The van der Waals surface area contributed by atoms with Gasteiger partial charge in [-0.1, -0.05) is 0 Å². The summed E-state index contributed by atoms with van der Waals surface area (Å²) in [4.78, 5) is 0. The summed E-state index contributed by atoms with van der Waals surface area (Å²) < 4.78 is 0. The van der Waals surface area contributed by atoms with Gasteiger partial charge >= 0.3 is 0 Å². The number of rotatable bonds is 1. The standard InChI is InChI=1S/C2H7NS.ClH.Hg/c3-1-2-4;;/h4H,1-3H2;1H;. The maximum absolute atomic E-state index is 4.95. The van der Waals surface area contributed by atoms with E-state index in [1.165, 1.54) is 0 Å². The molecule has 4 heteroatoms. The molecular weight excluding hydrogens is 306 g/mol. The van der Waals surface area contributed by atoms with E-state index in [-0.39, 0.29) is 40.1 Å². The molecule has 0 rings (SSSR count). The van der Waals surface area contributed by atoms with Crippen molar-refractivity contribution in [2.24, 2.45) is 5.73 Å². The zero-order valence-corrected chi connectivity index (χ0v) is 10.8. The summed E-state index contributed by atoms with van der Waals surface area (Å²) in [5, 5.41) is 0. The largest absolute Gasteiger partial charge is 0.330 e. The van der Waals surface area contributed by atoms with Gasteiger partial charge in [0, 0.05) is 40.0 Å². The number of nitrogens with two attached hydrogens (primary N) is 1. The van der Waals surface area contributed by atoms with Crippen LogP contribution in [0.15, 0.2) is 0 Å². The van der Waals surface area contributed by atoms with Gasteiger partial charge in [0.15, 0.2) is 0 Å². The van der Waals surface area contributed by atoms with Gasteiger partial charge in [0.25, 0.3) is 0 Å². The van der Waals surface area contributed by atoms with Gasteiger partial charge in [0.1, 0.15) is 0 Å². The molecule has 0 fully saturated rings. The molecule has 36 valence electrons. The van der Waals surface area contributed by atoms with E-state index in [1.807, 2.05) is 0 Å². The fourth-order valence-electron chi connectivity index (χ4n) is 0. The van der Waals surface area contributed by atoms with Crippen LogP contribution in [0, 0.1) is 0 Å². The van der Waals surface area contributed by atoms with Gasteiger partial charge in [-0.3, -0.25) is 0 Å². The van der Waals surface area contributed by atoms with Crippen molar-refractivity contribution in [2.45, 2.75) is 0 Å². The quantitative estimate of drug-likeness (QED) is 0.528. The van der Waals surface area contributed by atoms with Crippen LogP contribution in [0.2, 0.25) is 0 Å². The molecule has 1 nitrogen and oxygen atoms in total. The summed E-state index contributed by atoms with van der Waals surface area (Å²) in [6.07, 6.45) is 0. The Balaban J connectivity index is -0.0000000450. The van der Waals surface area contributed by atoms with E-state index < -0.39 is 0 Å². The van der Waals surface area contributed by atoms with Crippen LogP contribution >= 0.6 is 25.0 Å². The molecule has 0 aromatic heterocycles. The zero-order valence-electron chi connectivity index (χ0n) is 3.55. The minimum atomic E-state index is 0. The van der Waals surface area contributed by atoms with Crippen LogP contribution in [0.5, 0.6) is 0 Å². The molecule has 0 unspecified atom stereocenters. The van der Waals surface area contributed by atoms with Crippen LogP contribution in [-0.2, 0) is 27.7 Å². The van der Waals surface area contributed by atoms with Crippen molar-refractivity contribution in [1.29, 1.82) is 0 Å². The predicted molar refractivity (Wildman–Crippen MR) is 30.2 cm³/mol. The van der Waals surface area contributed by atoms with Crippen LogP contribution < -0.4 is 5.73 Å². The molecule has 6 heavy (non-hydrogen) atoms. The smallest absolute Gasteiger partial charge is 0.00255 e. The van der Waals surface area contributed by atoms with Gasteiger partial charge in [-0.25, -0.2) is 0 Å². The minimum Gasteiger partial charge on any atom is -0.330 e. The van der Waals surface area contributed by atoms with Crippen molar-refractivity contribution in [3.05, 3.63) is 0 Å². The van der Waals surface area contributed by atoms with Crippen molar-refractivity contribution in [1.82, 2.24) is 0 Å². The average Bonchev–Trinajstić information content (AvgIpc) is 1.37. The molecule has 2 N–H and O–H groups in total. The summed E-state index contributed by atoms with van der Waals surface area (Å²) in [6.45, 7) is 0.684. The molecule has 0 atom stereocenters. The first-order chi connectivity index (χ1) is 1.91. The van der Waals surface area contributed by atoms with Crippen LogP contribution in [0.1, 0.15) is 0 Å². The van der Waals surface area contributed by atoms with Crippen molar-refractivity contribution in [2.75, 3.05) is 12.3 Å². The molecule has 0 radical (unpaired) electrons. The third-order valence-electron chi connectivity index (χ3n) is 0.129. The number of hydrogen-bond acceptors (Lipinski definition) is 2. The van der Waals surface area contributed by atoms with E-state index in [9.17, 15) is 0 Å². The van der Waals surface area contributed by atoms with Crippen molar-refractivity contribution in [3.8, 4) is 0 Å². The van der Waals surface area contributed by atoms with Crippen LogP contribution in [0.25, 0.3) is 0 Å². The Kier molecular flexibility index (Phi) is 41.8. The Bertz CT molecular complexity index is 15.5. The van der Waals surface area contributed by atoms with E-state index >= 15 is 0 Å². The first-order valence-electron chi connectivity index (χ1n) is 1.22. The summed E-state index contributed by atoms with van der Waals surface area (Å²) >= 11 is 3.80. The van der Waals surface area contributed by atoms with Gasteiger partial charge in [-0.15, -0.1) is 12.4 Å². The van der Waals surface area contributed by atoms with Gasteiger partial charge in [0.05, 0.1) is 0 Å². The Labute approximate surface area is 70.4 Å². The minimum absolute atomic E-state index is 0. The Morgan fingerprint density at radius 1 is 1.50 bits per heavy atom. The fraction of sp³-hybridized carbons (Fsp3) is 1.00. The Morgan fingerprint density at radius 3 is 1.67 bits per heavy atom. The topological polar surface area (TPSA) is 26.0 Å². The molecule has 0 saturated carbocycles. The van der Waals surface area contributed by atoms with Gasteiger partial charge < -0.3 is 5.73 Å². The van der Waals surface area contributed by atoms with Crippen LogP contribution in [0.3, 0.4) is 0 Å². The summed E-state index contributed by atoms with van der Waals surface area (Å²) in [6, 6.07) is 0. The summed E-state index contributed by atoms with van der Waals surface area (Å²) in [5.74, 6) is 0.792. The van der Waals surface area contributed by atoms with Crippen molar-refractivity contribution in [3.63, 3.8) is 0 Å². The van der Waals surface area contributed by atoms with Gasteiger partial charge in [-0.05, 0) is 0 Å².